The molecule has 0 aromatic carbocycles. The molecule has 4 nitrogen and oxygen atoms in total. The molecule has 1 saturated carbocycles. The van der Waals surface area contributed by atoms with Crippen molar-refractivity contribution in [1.29, 1.82) is 0 Å². The molecule has 23 heavy (non-hydrogen) atoms. The normalized spacial score (nSPS) is 28.6. The van der Waals surface area contributed by atoms with E-state index >= 15 is 0 Å². The number of rotatable bonds is 4. The van der Waals surface area contributed by atoms with Gasteiger partial charge in [0.05, 0.1) is 6.10 Å². The number of amides is 1. The molecule has 1 N–H and O–H groups in total. The van der Waals surface area contributed by atoms with Gasteiger partial charge in [-0.15, -0.1) is 0 Å². The number of hydrogen-bond donors (Lipinski definition) is 1. The standard InChI is InChI=1S/C19H28N2O2/c22-18-11-7-15(8-12-18)19(23)21-14-4-2-6-17(21)10-9-16-5-1-3-13-20-16/h1,3,5,13,15,17-18,22H,2,4,6-12,14H2/t15?,17-,18?/m1/s1. The minimum absolute atomic E-state index is 0.133. The third-order valence-electron chi connectivity index (χ3n) is 5.42. The Hall–Kier alpha value is -1.42. The monoisotopic (exact) mass is 316 g/mol. The van der Waals surface area contributed by atoms with Gasteiger partial charge in [-0.2, -0.15) is 0 Å². The number of nitrogens with zero attached hydrogens (tertiary/aromatic N) is 2. The molecule has 2 heterocycles. The fourth-order valence-electron chi connectivity index (χ4n) is 4.01. The Morgan fingerprint density at radius 2 is 2.00 bits per heavy atom. The van der Waals surface area contributed by atoms with Gasteiger partial charge in [-0.25, -0.2) is 0 Å². The lowest BCUT2D eigenvalue weighted by Gasteiger charge is -2.39. The third-order valence-corrected chi connectivity index (χ3v) is 5.42. The zero-order valence-corrected chi connectivity index (χ0v) is 13.9. The second-order valence-corrected chi connectivity index (χ2v) is 7.05. The Kier molecular flexibility index (Phi) is 5.65. The summed E-state index contributed by atoms with van der Waals surface area (Å²) in [4.78, 5) is 19.5. The molecule has 2 aliphatic rings. The summed E-state index contributed by atoms with van der Waals surface area (Å²) < 4.78 is 0. The quantitative estimate of drug-likeness (QED) is 0.929. The summed E-state index contributed by atoms with van der Waals surface area (Å²) in [5.41, 5.74) is 1.12. The Labute approximate surface area is 138 Å². The number of likely N-dealkylation sites (tertiary alicyclic amines) is 1. The Morgan fingerprint density at radius 3 is 2.74 bits per heavy atom. The molecule has 1 atom stereocenters. The number of carbonyl (C=O) groups excluding carboxylic acids is 1. The van der Waals surface area contributed by atoms with Crippen molar-refractivity contribution in [3.8, 4) is 0 Å². The number of pyridine rings is 1. The van der Waals surface area contributed by atoms with Gasteiger partial charge in [0.25, 0.3) is 0 Å². The van der Waals surface area contributed by atoms with E-state index in [2.05, 4.69) is 16.0 Å². The lowest BCUT2D eigenvalue weighted by atomic mass is 9.85. The SMILES string of the molecule is O=C(C1CCC(O)CC1)N1CCCC[C@@H]1CCc1ccccn1. The number of carbonyl (C=O) groups is 1. The van der Waals surface area contributed by atoms with Crippen molar-refractivity contribution in [2.75, 3.05) is 6.54 Å². The van der Waals surface area contributed by atoms with E-state index in [4.69, 9.17) is 0 Å². The van der Waals surface area contributed by atoms with Gasteiger partial charge in [0, 0.05) is 30.4 Å². The van der Waals surface area contributed by atoms with Crippen LogP contribution < -0.4 is 0 Å². The van der Waals surface area contributed by atoms with Gasteiger partial charge >= 0.3 is 0 Å². The van der Waals surface area contributed by atoms with Crippen molar-refractivity contribution in [2.24, 2.45) is 5.92 Å². The Morgan fingerprint density at radius 1 is 1.17 bits per heavy atom. The predicted molar refractivity (Wildman–Crippen MR) is 89.9 cm³/mol. The maximum atomic E-state index is 12.9. The fourth-order valence-corrected chi connectivity index (χ4v) is 4.01. The van der Waals surface area contributed by atoms with Crippen molar-refractivity contribution >= 4 is 5.91 Å². The van der Waals surface area contributed by atoms with E-state index in [0.29, 0.717) is 11.9 Å². The molecule has 126 valence electrons. The zero-order chi connectivity index (χ0) is 16.1. The maximum Gasteiger partial charge on any atom is 0.225 e. The average Bonchev–Trinajstić information content (AvgIpc) is 2.61. The average molecular weight is 316 g/mol. The molecule has 3 rings (SSSR count). The summed E-state index contributed by atoms with van der Waals surface area (Å²) in [6.07, 6.45) is 10.3. The van der Waals surface area contributed by atoms with E-state index in [1.807, 2.05) is 18.3 Å². The largest absolute Gasteiger partial charge is 0.393 e. The van der Waals surface area contributed by atoms with Gasteiger partial charge in [0.1, 0.15) is 0 Å². The van der Waals surface area contributed by atoms with Crippen LogP contribution in [0.2, 0.25) is 0 Å². The molecule has 1 aromatic heterocycles. The van der Waals surface area contributed by atoms with E-state index in [0.717, 1.165) is 63.6 Å². The van der Waals surface area contributed by atoms with Crippen LogP contribution in [0.5, 0.6) is 0 Å². The number of piperidine rings is 1. The molecule has 1 amide bonds. The third kappa shape index (κ3) is 4.31. The Bertz CT molecular complexity index is 497. The van der Waals surface area contributed by atoms with Crippen LogP contribution >= 0.6 is 0 Å². The first-order valence-electron chi connectivity index (χ1n) is 9.12. The molecular weight excluding hydrogens is 288 g/mol. The number of aromatic nitrogens is 1. The van der Waals surface area contributed by atoms with E-state index in [1.54, 1.807) is 0 Å². The highest BCUT2D eigenvalue weighted by Gasteiger charge is 2.33. The van der Waals surface area contributed by atoms with Gasteiger partial charge in [0.15, 0.2) is 0 Å². The summed E-state index contributed by atoms with van der Waals surface area (Å²) in [6, 6.07) is 6.40. The van der Waals surface area contributed by atoms with E-state index in [-0.39, 0.29) is 12.0 Å². The summed E-state index contributed by atoms with van der Waals surface area (Å²) in [5.74, 6) is 0.469. The first-order valence-corrected chi connectivity index (χ1v) is 9.12. The first-order chi connectivity index (χ1) is 11.2. The van der Waals surface area contributed by atoms with Crippen molar-refractivity contribution in [3.05, 3.63) is 30.1 Å². The Balaban J connectivity index is 1.58. The lowest BCUT2D eigenvalue weighted by Crippen LogP contribution is -2.47. The minimum Gasteiger partial charge on any atom is -0.393 e. The van der Waals surface area contributed by atoms with Crippen LogP contribution in [0, 0.1) is 5.92 Å². The summed E-state index contributed by atoms with van der Waals surface area (Å²) in [7, 11) is 0. The summed E-state index contributed by atoms with van der Waals surface area (Å²) >= 11 is 0. The second kappa shape index (κ2) is 7.91. The molecule has 4 heteroatoms. The molecule has 1 aromatic rings. The zero-order valence-electron chi connectivity index (χ0n) is 13.9. The highest BCUT2D eigenvalue weighted by molar-refractivity contribution is 5.79. The predicted octanol–water partition coefficient (Wildman–Crippen LogP) is 2.95. The van der Waals surface area contributed by atoms with E-state index < -0.39 is 0 Å². The number of aliphatic hydroxyl groups excluding tert-OH is 1. The smallest absolute Gasteiger partial charge is 0.225 e. The van der Waals surface area contributed by atoms with E-state index in [1.165, 1.54) is 6.42 Å². The topological polar surface area (TPSA) is 53.4 Å². The molecule has 1 saturated heterocycles. The van der Waals surface area contributed by atoms with Gasteiger partial charge in [-0.05, 0) is 69.9 Å². The van der Waals surface area contributed by atoms with Crippen molar-refractivity contribution in [1.82, 2.24) is 9.88 Å². The first kappa shape index (κ1) is 16.4. The van der Waals surface area contributed by atoms with Gasteiger partial charge in [0.2, 0.25) is 5.91 Å². The molecule has 0 unspecified atom stereocenters. The van der Waals surface area contributed by atoms with Gasteiger partial charge in [-0.3, -0.25) is 9.78 Å². The van der Waals surface area contributed by atoms with Gasteiger partial charge in [-0.1, -0.05) is 6.07 Å². The van der Waals surface area contributed by atoms with Crippen molar-refractivity contribution in [2.45, 2.75) is 69.9 Å². The fraction of sp³-hybridized carbons (Fsp3) is 0.684. The summed E-state index contributed by atoms with van der Waals surface area (Å²) in [5, 5.41) is 9.65. The molecule has 0 radical (unpaired) electrons. The lowest BCUT2D eigenvalue weighted by molar-refractivity contribution is -0.141. The second-order valence-electron chi connectivity index (χ2n) is 7.05. The van der Waals surface area contributed by atoms with Crippen LogP contribution in [0.4, 0.5) is 0 Å². The number of aryl methyl sites for hydroxylation is 1. The van der Waals surface area contributed by atoms with Gasteiger partial charge < -0.3 is 10.0 Å². The minimum atomic E-state index is -0.194. The summed E-state index contributed by atoms with van der Waals surface area (Å²) in [6.45, 7) is 0.908. The van der Waals surface area contributed by atoms with Crippen LogP contribution in [0.25, 0.3) is 0 Å². The highest BCUT2D eigenvalue weighted by atomic mass is 16.3. The van der Waals surface area contributed by atoms with Crippen LogP contribution in [-0.2, 0) is 11.2 Å². The van der Waals surface area contributed by atoms with Crippen LogP contribution in [0.1, 0.15) is 57.1 Å². The number of hydrogen-bond acceptors (Lipinski definition) is 3. The van der Waals surface area contributed by atoms with E-state index in [9.17, 15) is 9.90 Å². The van der Waals surface area contributed by atoms with Crippen molar-refractivity contribution in [3.63, 3.8) is 0 Å². The molecule has 2 fully saturated rings. The van der Waals surface area contributed by atoms with Crippen molar-refractivity contribution < 1.29 is 9.90 Å². The highest BCUT2D eigenvalue weighted by Crippen LogP contribution is 2.29. The number of aliphatic hydroxyl groups is 1. The van der Waals surface area contributed by atoms with Crippen LogP contribution in [-0.4, -0.2) is 39.6 Å². The molecular formula is C19H28N2O2. The molecule has 0 bridgehead atoms. The van der Waals surface area contributed by atoms with Crippen LogP contribution in [0.3, 0.4) is 0 Å². The molecule has 0 spiro atoms. The maximum absolute atomic E-state index is 12.9. The molecule has 1 aliphatic heterocycles. The van der Waals surface area contributed by atoms with Crippen LogP contribution in [0.15, 0.2) is 24.4 Å². The molecule has 1 aliphatic carbocycles.